The highest BCUT2D eigenvalue weighted by molar-refractivity contribution is 7.46. The summed E-state index contributed by atoms with van der Waals surface area (Å²) < 4.78 is 20.3. The molecule has 0 bridgehead atoms. The van der Waals surface area contributed by atoms with Gasteiger partial charge in [-0.3, -0.25) is 18.9 Å². The zero-order valence-corrected chi connectivity index (χ0v) is 12.6. The molecule has 134 valence electrons. The molecule has 1 aliphatic heterocycles. The van der Waals surface area contributed by atoms with Crippen molar-refractivity contribution in [2.45, 2.75) is 24.5 Å². The quantitative estimate of drug-likeness (QED) is 0.288. The summed E-state index contributed by atoms with van der Waals surface area (Å²) in [7, 11) is -4.88. The van der Waals surface area contributed by atoms with Gasteiger partial charge >= 0.3 is 19.5 Å². The average molecular weight is 368 g/mol. The third-order valence-electron chi connectivity index (χ3n) is 3.19. The number of H-pyrrole nitrogens is 1. The lowest BCUT2D eigenvalue weighted by Crippen LogP contribution is -2.40. The Morgan fingerprint density at radius 2 is 1.96 bits per heavy atom. The first kappa shape index (κ1) is 18.5. The molecule has 1 aromatic rings. The van der Waals surface area contributed by atoms with Crippen molar-refractivity contribution >= 4 is 13.8 Å². The van der Waals surface area contributed by atoms with Crippen molar-refractivity contribution in [1.29, 1.82) is 0 Å². The predicted molar refractivity (Wildman–Crippen MR) is 72.2 cm³/mol. The van der Waals surface area contributed by atoms with Gasteiger partial charge in [-0.25, -0.2) is 14.2 Å². The number of hydrogen-bond acceptors (Lipinski definition) is 8. The average Bonchev–Trinajstić information content (AvgIpc) is 2.71. The summed E-state index contributed by atoms with van der Waals surface area (Å²) in [5, 5.41) is 28.8. The fourth-order valence-corrected chi connectivity index (χ4v) is 2.51. The van der Waals surface area contributed by atoms with Gasteiger partial charge in [-0.05, 0) is 0 Å². The molecule has 0 aromatic carbocycles. The molecule has 0 radical (unpaired) electrons. The second-order valence-electron chi connectivity index (χ2n) is 4.83. The second-order valence-corrected chi connectivity index (χ2v) is 6.07. The lowest BCUT2D eigenvalue weighted by atomic mass is 10.1. The first-order chi connectivity index (χ1) is 11.0. The number of aliphatic hydroxyl groups is 2. The third-order valence-corrected chi connectivity index (χ3v) is 3.68. The van der Waals surface area contributed by atoms with E-state index in [0.717, 1.165) is 0 Å². The van der Waals surface area contributed by atoms with Crippen LogP contribution in [0.1, 0.15) is 16.7 Å². The maximum atomic E-state index is 11.8. The van der Waals surface area contributed by atoms with Crippen molar-refractivity contribution in [1.82, 2.24) is 9.55 Å². The highest BCUT2D eigenvalue weighted by Gasteiger charge is 2.46. The number of carbonyl (C=O) groups is 1. The number of nitrogens with one attached hydrogen (secondary N) is 1. The number of rotatable bonds is 5. The van der Waals surface area contributed by atoms with E-state index in [-0.39, 0.29) is 0 Å². The molecule has 1 aliphatic rings. The van der Waals surface area contributed by atoms with Crippen LogP contribution < -0.4 is 11.2 Å². The Bertz CT molecular complexity index is 795. The maximum absolute atomic E-state index is 11.8. The number of carboxylic acid groups (broad SMARTS) is 1. The summed E-state index contributed by atoms with van der Waals surface area (Å²) in [6, 6.07) is 0.575. The minimum atomic E-state index is -4.88. The zero-order chi connectivity index (χ0) is 18.2. The van der Waals surface area contributed by atoms with Crippen LogP contribution in [0.25, 0.3) is 0 Å². The van der Waals surface area contributed by atoms with Crippen LogP contribution >= 0.6 is 7.82 Å². The van der Waals surface area contributed by atoms with Gasteiger partial charge in [0.05, 0.1) is 6.61 Å². The van der Waals surface area contributed by atoms with Crippen LogP contribution in [0.4, 0.5) is 0 Å². The number of aliphatic hydroxyl groups excluding tert-OH is 2. The number of carboxylic acids is 1. The summed E-state index contributed by atoms with van der Waals surface area (Å²) in [6.07, 6.45) is -6.74. The molecule has 14 heteroatoms. The van der Waals surface area contributed by atoms with Gasteiger partial charge in [-0.1, -0.05) is 0 Å². The van der Waals surface area contributed by atoms with Crippen LogP contribution in [0.15, 0.2) is 15.7 Å². The normalized spacial score (nSPS) is 27.3. The molecular weight excluding hydrogens is 355 g/mol. The number of nitrogens with zero attached hydrogens (tertiary/aromatic N) is 1. The standard InChI is InChI=1S/C10H13N2O11P/c13-5-1-3(9(16)17)12(10(18)11-5)8-7(15)6(14)4(23-8)2-22-24(19,20)21/h1,4,6-8,14-15H,2H2,(H,16,17)(H,11,13,18)(H2,19,20,21)/t4-,6-,7+,8+/m0/s1. The van der Waals surface area contributed by atoms with Crippen molar-refractivity contribution in [3.63, 3.8) is 0 Å². The first-order valence-electron chi connectivity index (χ1n) is 6.32. The SMILES string of the molecule is O=C(O)c1cc(=O)[nH]c(=O)n1[C@@H]1O[C@@H](COP(=O)(O)O)[C@H](O)[C@H]1O. The van der Waals surface area contributed by atoms with Gasteiger partial charge in [0.15, 0.2) is 6.23 Å². The van der Waals surface area contributed by atoms with E-state index in [9.17, 15) is 29.2 Å². The molecule has 0 spiro atoms. The van der Waals surface area contributed by atoms with E-state index >= 15 is 0 Å². The Balaban J connectivity index is 2.37. The Labute approximate surface area is 131 Å². The van der Waals surface area contributed by atoms with Crippen molar-refractivity contribution < 1.29 is 43.7 Å². The molecule has 13 nitrogen and oxygen atoms in total. The number of phosphoric acid groups is 1. The molecule has 0 aliphatic carbocycles. The summed E-state index contributed by atoms with van der Waals surface area (Å²) in [5.74, 6) is -1.67. The van der Waals surface area contributed by atoms with Crippen LogP contribution in [-0.2, 0) is 13.8 Å². The van der Waals surface area contributed by atoms with E-state index in [2.05, 4.69) is 4.52 Å². The van der Waals surface area contributed by atoms with Crippen LogP contribution in [0.5, 0.6) is 0 Å². The van der Waals surface area contributed by atoms with Crippen molar-refractivity contribution in [3.8, 4) is 0 Å². The van der Waals surface area contributed by atoms with Gasteiger partial charge in [0, 0.05) is 6.07 Å². The van der Waals surface area contributed by atoms with Gasteiger partial charge in [0.2, 0.25) is 0 Å². The topological polar surface area (TPSA) is 209 Å². The van der Waals surface area contributed by atoms with E-state index in [4.69, 9.17) is 19.6 Å². The van der Waals surface area contributed by atoms with Crippen LogP contribution in [0.2, 0.25) is 0 Å². The van der Waals surface area contributed by atoms with Gasteiger partial charge in [0.1, 0.15) is 24.0 Å². The van der Waals surface area contributed by atoms with E-state index in [1.165, 1.54) is 0 Å². The number of ether oxygens (including phenoxy) is 1. The number of aromatic nitrogens is 2. The molecule has 2 rings (SSSR count). The molecule has 1 saturated heterocycles. The van der Waals surface area contributed by atoms with Gasteiger partial charge in [0.25, 0.3) is 5.56 Å². The molecule has 1 aromatic heterocycles. The van der Waals surface area contributed by atoms with Crippen LogP contribution in [-0.4, -0.2) is 65.5 Å². The highest BCUT2D eigenvalue weighted by atomic mass is 31.2. The molecule has 0 unspecified atom stereocenters. The zero-order valence-electron chi connectivity index (χ0n) is 11.7. The summed E-state index contributed by atoms with van der Waals surface area (Å²) in [6.45, 7) is -0.834. The smallest absolute Gasteiger partial charge is 0.469 e. The molecule has 24 heavy (non-hydrogen) atoms. The van der Waals surface area contributed by atoms with Gasteiger partial charge in [-0.15, -0.1) is 0 Å². The third kappa shape index (κ3) is 3.79. The fraction of sp³-hybridized carbons (Fsp3) is 0.500. The van der Waals surface area contributed by atoms with Crippen molar-refractivity contribution in [3.05, 3.63) is 32.6 Å². The Hall–Kier alpha value is -1.86. The second kappa shape index (κ2) is 6.57. The largest absolute Gasteiger partial charge is 0.477 e. The Kier molecular flexibility index (Phi) is 5.05. The van der Waals surface area contributed by atoms with E-state index in [0.29, 0.717) is 10.6 Å². The summed E-state index contributed by atoms with van der Waals surface area (Å²) in [5.41, 5.74) is -3.02. The number of phosphoric ester groups is 1. The van der Waals surface area contributed by atoms with E-state index < -0.39 is 61.9 Å². The number of aromatic carboxylic acids is 1. The van der Waals surface area contributed by atoms with Gasteiger partial charge in [-0.2, -0.15) is 0 Å². The predicted octanol–water partition coefficient (Wildman–Crippen LogP) is -3.04. The minimum Gasteiger partial charge on any atom is -0.477 e. The van der Waals surface area contributed by atoms with Crippen LogP contribution in [0.3, 0.4) is 0 Å². The Morgan fingerprint density at radius 3 is 2.50 bits per heavy atom. The van der Waals surface area contributed by atoms with E-state index in [1.807, 2.05) is 0 Å². The monoisotopic (exact) mass is 368 g/mol. The van der Waals surface area contributed by atoms with Crippen LogP contribution in [0, 0.1) is 0 Å². The van der Waals surface area contributed by atoms with Crippen molar-refractivity contribution in [2.75, 3.05) is 6.61 Å². The fourth-order valence-electron chi connectivity index (χ4n) is 2.17. The molecule has 6 N–H and O–H groups in total. The number of aromatic amines is 1. The van der Waals surface area contributed by atoms with Gasteiger partial charge < -0.3 is 29.8 Å². The number of hydrogen-bond donors (Lipinski definition) is 6. The lowest BCUT2D eigenvalue weighted by Gasteiger charge is -2.19. The molecule has 0 amide bonds. The minimum absolute atomic E-state index is 0.398. The molecule has 1 fully saturated rings. The van der Waals surface area contributed by atoms with Crippen molar-refractivity contribution in [2.24, 2.45) is 0 Å². The lowest BCUT2D eigenvalue weighted by molar-refractivity contribution is -0.0555. The molecule has 2 heterocycles. The maximum Gasteiger partial charge on any atom is 0.469 e. The van der Waals surface area contributed by atoms with E-state index in [1.54, 1.807) is 4.98 Å². The summed E-state index contributed by atoms with van der Waals surface area (Å²) in [4.78, 5) is 53.2. The molecular formula is C10H13N2O11P. The highest BCUT2D eigenvalue weighted by Crippen LogP contribution is 2.38. The molecule has 0 saturated carbocycles. The summed E-state index contributed by atoms with van der Waals surface area (Å²) >= 11 is 0. The molecule has 4 atom stereocenters. The first-order valence-corrected chi connectivity index (χ1v) is 7.85. The Morgan fingerprint density at radius 1 is 1.33 bits per heavy atom.